The zero-order valence-electron chi connectivity index (χ0n) is 13.7. The minimum atomic E-state index is -4.42. The quantitative estimate of drug-likeness (QED) is 0.778. The number of alkyl halides is 3. The van der Waals surface area contributed by atoms with Crippen molar-refractivity contribution >= 4 is 40.4 Å². The van der Waals surface area contributed by atoms with Gasteiger partial charge in [0.25, 0.3) is 5.82 Å². The van der Waals surface area contributed by atoms with Gasteiger partial charge in [0.1, 0.15) is 24.3 Å². The van der Waals surface area contributed by atoms with Crippen LogP contribution in [0.4, 0.5) is 24.7 Å². The summed E-state index contributed by atoms with van der Waals surface area (Å²) in [5.74, 6) is 0.487. The number of pyridine rings is 1. The first-order chi connectivity index (χ1) is 12.3. The Kier molecular flexibility index (Phi) is 5.52. The zero-order valence-corrected chi connectivity index (χ0v) is 15.3. The number of aromatic nitrogens is 1. The minimum Gasteiger partial charge on any atom is -0.341 e. The molecule has 2 heterocycles. The third-order valence-electron chi connectivity index (χ3n) is 4.11. The molecule has 0 atom stereocenters. The molecule has 1 aromatic carbocycles. The van der Waals surface area contributed by atoms with Gasteiger partial charge in [-0.1, -0.05) is 29.8 Å². The van der Waals surface area contributed by atoms with Crippen molar-refractivity contribution in [3.63, 3.8) is 0 Å². The molecular weight excluding hydrogens is 385 g/mol. The van der Waals surface area contributed by atoms with Crippen LogP contribution in [0.5, 0.6) is 0 Å². The third-order valence-corrected chi connectivity index (χ3v) is 4.76. The van der Waals surface area contributed by atoms with E-state index in [4.69, 9.17) is 23.8 Å². The number of hydrogen-bond acceptors (Lipinski definition) is 2. The molecule has 138 valence electrons. The molecule has 0 saturated carbocycles. The number of halogens is 4. The highest BCUT2D eigenvalue weighted by atomic mass is 35.5. The summed E-state index contributed by atoms with van der Waals surface area (Å²) in [6, 6.07) is 10.6. The predicted molar refractivity (Wildman–Crippen MR) is 99.5 cm³/mol. The average Bonchev–Trinajstić information content (AvgIpc) is 2.62. The van der Waals surface area contributed by atoms with Gasteiger partial charge in [0.05, 0.1) is 18.7 Å². The lowest BCUT2D eigenvalue weighted by atomic mass is 10.2. The summed E-state index contributed by atoms with van der Waals surface area (Å²) in [4.78, 5) is 6.62. The highest BCUT2D eigenvalue weighted by Gasteiger charge is 2.34. The smallest absolute Gasteiger partial charge is 0.341 e. The highest BCUT2D eigenvalue weighted by Crippen LogP contribution is 2.32. The van der Waals surface area contributed by atoms with Gasteiger partial charge in [-0.15, -0.1) is 0 Å². The summed E-state index contributed by atoms with van der Waals surface area (Å²) in [6.45, 7) is 2.48. The van der Waals surface area contributed by atoms with Crippen LogP contribution in [0, 0.1) is 0 Å². The Labute approximate surface area is 159 Å². The third kappa shape index (κ3) is 4.37. The second-order valence-electron chi connectivity index (χ2n) is 5.85. The first kappa shape index (κ1) is 18.7. The van der Waals surface area contributed by atoms with E-state index in [9.17, 15) is 13.2 Å². The Morgan fingerprint density at radius 2 is 1.77 bits per heavy atom. The molecule has 0 bridgehead atoms. The van der Waals surface area contributed by atoms with Gasteiger partial charge in [-0.3, -0.25) is 4.90 Å². The van der Waals surface area contributed by atoms with Crippen molar-refractivity contribution in [3.05, 3.63) is 53.2 Å². The number of H-pyrrole nitrogens is 1. The highest BCUT2D eigenvalue weighted by molar-refractivity contribution is 7.80. The number of hydrogen-bond donors (Lipinski definition) is 1. The Morgan fingerprint density at radius 3 is 2.35 bits per heavy atom. The van der Waals surface area contributed by atoms with E-state index in [1.807, 2.05) is 40.1 Å². The number of aromatic amines is 1. The molecule has 0 spiro atoms. The molecule has 0 unspecified atom stereocenters. The van der Waals surface area contributed by atoms with Gasteiger partial charge in [0.15, 0.2) is 5.11 Å². The van der Waals surface area contributed by atoms with E-state index in [2.05, 4.69) is 10.3 Å². The Morgan fingerprint density at radius 1 is 1.12 bits per heavy atom. The summed E-state index contributed by atoms with van der Waals surface area (Å²) in [5, 5.41) is 3.86. The maximum atomic E-state index is 12.7. The normalized spacial score (nSPS) is 15.1. The second-order valence-corrected chi connectivity index (χ2v) is 6.65. The van der Waals surface area contributed by atoms with Crippen LogP contribution in [-0.4, -0.2) is 36.2 Å². The number of nitrogens with zero attached hydrogens (tertiary/aromatic N) is 2. The van der Waals surface area contributed by atoms with Crippen molar-refractivity contribution in [2.45, 2.75) is 6.18 Å². The zero-order chi connectivity index (χ0) is 18.7. The van der Waals surface area contributed by atoms with Gasteiger partial charge < -0.3 is 10.2 Å². The maximum Gasteiger partial charge on any atom is 0.419 e. The van der Waals surface area contributed by atoms with Crippen LogP contribution in [0.25, 0.3) is 0 Å². The predicted octanol–water partition coefficient (Wildman–Crippen LogP) is 3.69. The van der Waals surface area contributed by atoms with Gasteiger partial charge in [-0.2, -0.15) is 13.2 Å². The van der Waals surface area contributed by atoms with E-state index < -0.39 is 11.7 Å². The van der Waals surface area contributed by atoms with E-state index in [0.717, 1.165) is 18.0 Å². The van der Waals surface area contributed by atoms with Gasteiger partial charge in [0, 0.05) is 5.69 Å². The first-order valence-corrected chi connectivity index (χ1v) is 8.77. The number of rotatable bonds is 2. The van der Waals surface area contributed by atoms with Crippen LogP contribution in [0.2, 0.25) is 5.02 Å². The van der Waals surface area contributed by atoms with Crippen LogP contribution >= 0.6 is 23.8 Å². The number of anilines is 2. The van der Waals surface area contributed by atoms with Crippen molar-refractivity contribution in [1.82, 2.24) is 4.90 Å². The first-order valence-electron chi connectivity index (χ1n) is 7.99. The van der Waals surface area contributed by atoms with Gasteiger partial charge >= 0.3 is 6.18 Å². The molecule has 1 fully saturated rings. The fourth-order valence-corrected chi connectivity index (χ4v) is 3.32. The van der Waals surface area contributed by atoms with Crippen molar-refractivity contribution in [2.75, 3.05) is 36.4 Å². The molecule has 1 aliphatic heterocycles. The van der Waals surface area contributed by atoms with Crippen LogP contribution in [0.15, 0.2) is 42.6 Å². The number of para-hydroxylation sites is 1. The van der Waals surface area contributed by atoms with Crippen LogP contribution in [-0.2, 0) is 6.18 Å². The lowest BCUT2D eigenvalue weighted by Gasteiger charge is -2.33. The largest absolute Gasteiger partial charge is 0.419 e. The van der Waals surface area contributed by atoms with Gasteiger partial charge in [0.2, 0.25) is 0 Å². The Balaban J connectivity index is 1.61. The van der Waals surface area contributed by atoms with E-state index in [0.29, 0.717) is 37.1 Å². The van der Waals surface area contributed by atoms with Gasteiger partial charge in [-0.25, -0.2) is 4.98 Å². The SMILES string of the molecule is FC(F)(F)c1c[nH+]c(N2CCN(C(=S)Nc3ccccc3)CC2)c(Cl)c1. The summed E-state index contributed by atoms with van der Waals surface area (Å²) in [6.07, 6.45) is -3.48. The molecule has 1 saturated heterocycles. The number of nitrogens with one attached hydrogen (secondary N) is 2. The summed E-state index contributed by atoms with van der Waals surface area (Å²) in [5.41, 5.74) is 0.122. The lowest BCUT2D eigenvalue weighted by molar-refractivity contribution is -0.367. The molecule has 0 amide bonds. The fourth-order valence-electron chi connectivity index (χ4n) is 2.72. The molecule has 2 aromatic rings. The molecule has 2 N–H and O–H groups in total. The molecule has 1 aliphatic rings. The average molecular weight is 402 g/mol. The van der Waals surface area contributed by atoms with Gasteiger partial charge in [-0.05, 0) is 30.4 Å². The van der Waals surface area contributed by atoms with E-state index >= 15 is 0 Å². The molecule has 9 heteroatoms. The topological polar surface area (TPSA) is 32.7 Å². The van der Waals surface area contributed by atoms with E-state index in [-0.39, 0.29) is 5.02 Å². The number of piperazine rings is 1. The number of thiocarbonyl (C=S) groups is 1. The van der Waals surface area contributed by atoms with Crippen molar-refractivity contribution in [3.8, 4) is 0 Å². The van der Waals surface area contributed by atoms with Crippen molar-refractivity contribution in [2.24, 2.45) is 0 Å². The molecule has 1 aromatic heterocycles. The summed E-state index contributed by atoms with van der Waals surface area (Å²) < 4.78 is 38.2. The van der Waals surface area contributed by atoms with E-state index in [1.165, 1.54) is 0 Å². The fraction of sp³-hybridized carbons (Fsp3) is 0.294. The molecular formula is C17H17ClF3N4S+. The lowest BCUT2D eigenvalue weighted by Crippen LogP contribution is -2.51. The van der Waals surface area contributed by atoms with E-state index in [1.54, 1.807) is 0 Å². The summed E-state index contributed by atoms with van der Waals surface area (Å²) >= 11 is 11.5. The monoisotopic (exact) mass is 401 g/mol. The van der Waals surface area contributed by atoms with Crippen LogP contribution < -0.4 is 15.2 Å². The van der Waals surface area contributed by atoms with Crippen LogP contribution in [0.3, 0.4) is 0 Å². The van der Waals surface area contributed by atoms with Crippen molar-refractivity contribution in [1.29, 1.82) is 0 Å². The Bertz CT molecular complexity index is 777. The minimum absolute atomic E-state index is 0.0539. The Hall–Kier alpha value is -2.06. The molecule has 0 radical (unpaired) electrons. The maximum absolute atomic E-state index is 12.7. The molecule has 0 aliphatic carbocycles. The molecule has 26 heavy (non-hydrogen) atoms. The number of benzene rings is 1. The van der Waals surface area contributed by atoms with Crippen molar-refractivity contribution < 1.29 is 18.2 Å². The molecule has 3 rings (SSSR count). The molecule has 4 nitrogen and oxygen atoms in total. The second kappa shape index (κ2) is 7.67. The van der Waals surface area contributed by atoms with Crippen LogP contribution in [0.1, 0.15) is 5.56 Å². The standard InChI is InChI=1S/C17H16ClF3N4S/c18-14-10-12(17(19,20)21)11-22-15(14)24-6-8-25(9-7-24)16(26)23-13-4-2-1-3-5-13/h1-5,10-11H,6-9H2,(H,23,26)/p+1. The summed E-state index contributed by atoms with van der Waals surface area (Å²) in [7, 11) is 0.